The first kappa shape index (κ1) is 16.9. The van der Waals surface area contributed by atoms with E-state index in [0.29, 0.717) is 29.6 Å². The summed E-state index contributed by atoms with van der Waals surface area (Å²) in [6.45, 7) is 0.344. The Kier molecular flexibility index (Phi) is 5.58. The van der Waals surface area contributed by atoms with Crippen molar-refractivity contribution < 1.29 is 14.0 Å². The molecule has 0 unspecified atom stereocenters. The van der Waals surface area contributed by atoms with Crippen LogP contribution in [0.3, 0.4) is 0 Å². The molecule has 2 N–H and O–H groups in total. The number of furan rings is 1. The van der Waals surface area contributed by atoms with Crippen LogP contribution in [0.2, 0.25) is 0 Å². The third-order valence-corrected chi connectivity index (χ3v) is 4.19. The lowest BCUT2D eigenvalue weighted by atomic mass is 10.1. The number of thiazole rings is 1. The second-order valence-electron chi connectivity index (χ2n) is 5.39. The van der Waals surface area contributed by atoms with Crippen LogP contribution >= 0.6 is 11.3 Å². The van der Waals surface area contributed by atoms with Crippen molar-refractivity contribution >= 4 is 28.3 Å². The molecule has 0 spiro atoms. The molecule has 3 aromatic rings. The van der Waals surface area contributed by atoms with Crippen LogP contribution in [0, 0.1) is 0 Å². The molecule has 7 heteroatoms. The van der Waals surface area contributed by atoms with Crippen LogP contribution in [0.15, 0.2) is 58.5 Å². The average molecular weight is 355 g/mol. The molecule has 2 amide bonds. The monoisotopic (exact) mass is 355 g/mol. The van der Waals surface area contributed by atoms with Crippen molar-refractivity contribution in [1.82, 2.24) is 10.3 Å². The number of carbonyl (C=O) groups is 2. The highest BCUT2D eigenvalue weighted by Crippen LogP contribution is 2.16. The molecule has 2 aromatic heterocycles. The number of hydrogen-bond donors (Lipinski definition) is 2. The van der Waals surface area contributed by atoms with Crippen LogP contribution in [0.5, 0.6) is 0 Å². The van der Waals surface area contributed by atoms with Crippen molar-refractivity contribution in [3.8, 4) is 0 Å². The number of hydrogen-bond acceptors (Lipinski definition) is 5. The van der Waals surface area contributed by atoms with Crippen molar-refractivity contribution in [3.63, 3.8) is 0 Å². The standard InChI is InChI=1S/C18H17N3O3S/c22-16(19-11-15-7-4-8-24-15)10-14-12-25-18(20-14)21-17(23)9-13-5-2-1-3-6-13/h1-8,12H,9-11H2,(H,19,22)(H,20,21,23). The van der Waals surface area contributed by atoms with Gasteiger partial charge >= 0.3 is 0 Å². The number of anilines is 1. The Morgan fingerprint density at radius 3 is 2.64 bits per heavy atom. The van der Waals surface area contributed by atoms with Gasteiger partial charge in [-0.05, 0) is 17.7 Å². The minimum absolute atomic E-state index is 0.130. The van der Waals surface area contributed by atoms with Crippen molar-refractivity contribution in [3.05, 3.63) is 71.1 Å². The van der Waals surface area contributed by atoms with Crippen LogP contribution in [0.25, 0.3) is 0 Å². The Morgan fingerprint density at radius 2 is 1.88 bits per heavy atom. The highest BCUT2D eigenvalue weighted by Gasteiger charge is 2.10. The highest BCUT2D eigenvalue weighted by atomic mass is 32.1. The van der Waals surface area contributed by atoms with E-state index in [0.717, 1.165) is 5.56 Å². The van der Waals surface area contributed by atoms with Gasteiger partial charge < -0.3 is 15.1 Å². The Bertz CT molecular complexity index is 828. The van der Waals surface area contributed by atoms with Gasteiger partial charge in [0.05, 0.1) is 31.3 Å². The molecule has 6 nitrogen and oxygen atoms in total. The van der Waals surface area contributed by atoms with Crippen LogP contribution < -0.4 is 10.6 Å². The maximum atomic E-state index is 12.0. The highest BCUT2D eigenvalue weighted by molar-refractivity contribution is 7.13. The second kappa shape index (κ2) is 8.25. The van der Waals surface area contributed by atoms with E-state index in [9.17, 15) is 9.59 Å². The summed E-state index contributed by atoms with van der Waals surface area (Å²) >= 11 is 1.30. The van der Waals surface area contributed by atoms with E-state index in [4.69, 9.17) is 4.42 Å². The van der Waals surface area contributed by atoms with Gasteiger partial charge in [-0.15, -0.1) is 11.3 Å². The van der Waals surface area contributed by atoms with Gasteiger partial charge in [-0.1, -0.05) is 30.3 Å². The summed E-state index contributed by atoms with van der Waals surface area (Å²) in [6, 6.07) is 13.1. The van der Waals surface area contributed by atoms with Crippen molar-refractivity contribution in [1.29, 1.82) is 0 Å². The fourth-order valence-electron chi connectivity index (χ4n) is 2.22. The summed E-state index contributed by atoms with van der Waals surface area (Å²) in [7, 11) is 0. The zero-order valence-corrected chi connectivity index (χ0v) is 14.2. The first-order chi connectivity index (χ1) is 12.2. The first-order valence-corrected chi connectivity index (χ1v) is 8.64. The summed E-state index contributed by atoms with van der Waals surface area (Å²) in [6.07, 6.45) is 2.01. The van der Waals surface area contributed by atoms with E-state index in [2.05, 4.69) is 15.6 Å². The predicted octanol–water partition coefficient (Wildman–Crippen LogP) is 2.78. The summed E-state index contributed by atoms with van der Waals surface area (Å²) in [5.74, 6) is 0.415. The maximum Gasteiger partial charge on any atom is 0.230 e. The molecular weight excluding hydrogens is 338 g/mol. The minimum Gasteiger partial charge on any atom is -0.467 e. The van der Waals surface area contributed by atoms with Crippen LogP contribution in [0.1, 0.15) is 17.0 Å². The molecule has 0 saturated carbocycles. The first-order valence-electron chi connectivity index (χ1n) is 7.76. The van der Waals surface area contributed by atoms with E-state index >= 15 is 0 Å². The van der Waals surface area contributed by atoms with Crippen LogP contribution in [0.4, 0.5) is 5.13 Å². The van der Waals surface area contributed by atoms with Crippen molar-refractivity contribution in [2.24, 2.45) is 0 Å². The number of nitrogens with zero attached hydrogens (tertiary/aromatic N) is 1. The molecule has 25 heavy (non-hydrogen) atoms. The molecule has 0 aliphatic rings. The van der Waals surface area contributed by atoms with Crippen LogP contribution in [-0.2, 0) is 29.0 Å². The zero-order valence-electron chi connectivity index (χ0n) is 13.4. The lowest BCUT2D eigenvalue weighted by Crippen LogP contribution is -2.24. The van der Waals surface area contributed by atoms with Gasteiger partial charge in [0.2, 0.25) is 11.8 Å². The Hall–Kier alpha value is -2.93. The molecular formula is C18H17N3O3S. The molecule has 0 aliphatic carbocycles. The molecule has 3 rings (SSSR count). The van der Waals surface area contributed by atoms with Gasteiger partial charge in [0.15, 0.2) is 5.13 Å². The summed E-state index contributed by atoms with van der Waals surface area (Å²) in [4.78, 5) is 28.2. The van der Waals surface area contributed by atoms with Crippen molar-refractivity contribution in [2.75, 3.05) is 5.32 Å². The van der Waals surface area contributed by atoms with E-state index < -0.39 is 0 Å². The second-order valence-corrected chi connectivity index (χ2v) is 6.25. The van der Waals surface area contributed by atoms with Gasteiger partial charge in [0.1, 0.15) is 5.76 Å². The van der Waals surface area contributed by atoms with Gasteiger partial charge in [-0.25, -0.2) is 4.98 Å². The molecule has 1 aromatic carbocycles. The summed E-state index contributed by atoms with van der Waals surface area (Å²) in [5.41, 5.74) is 1.56. The van der Waals surface area contributed by atoms with E-state index in [-0.39, 0.29) is 18.2 Å². The Balaban J connectivity index is 1.46. The quantitative estimate of drug-likeness (QED) is 0.682. The van der Waals surface area contributed by atoms with Crippen molar-refractivity contribution in [2.45, 2.75) is 19.4 Å². The number of carbonyl (C=O) groups excluding carboxylic acids is 2. The summed E-state index contributed by atoms with van der Waals surface area (Å²) in [5, 5.41) is 7.78. The Labute approximate surface area is 148 Å². The van der Waals surface area contributed by atoms with Gasteiger partial charge in [-0.3, -0.25) is 9.59 Å². The maximum absolute atomic E-state index is 12.0. The topological polar surface area (TPSA) is 84.2 Å². The Morgan fingerprint density at radius 1 is 1.04 bits per heavy atom. The van der Waals surface area contributed by atoms with Gasteiger partial charge in [-0.2, -0.15) is 0 Å². The lowest BCUT2D eigenvalue weighted by molar-refractivity contribution is -0.120. The molecule has 0 fully saturated rings. The fraction of sp³-hybridized carbons (Fsp3) is 0.167. The van der Waals surface area contributed by atoms with Gasteiger partial charge in [0, 0.05) is 5.38 Å². The largest absolute Gasteiger partial charge is 0.467 e. The summed E-state index contributed by atoms with van der Waals surface area (Å²) < 4.78 is 5.16. The number of aromatic nitrogens is 1. The predicted molar refractivity (Wildman–Crippen MR) is 95.1 cm³/mol. The SMILES string of the molecule is O=C(Cc1csc(NC(=O)Cc2ccccc2)n1)NCc1ccco1. The third kappa shape index (κ3) is 5.29. The van der Waals surface area contributed by atoms with Crippen LogP contribution in [-0.4, -0.2) is 16.8 Å². The third-order valence-electron chi connectivity index (χ3n) is 3.39. The number of amides is 2. The molecule has 2 heterocycles. The minimum atomic E-state index is -0.149. The zero-order chi connectivity index (χ0) is 17.5. The van der Waals surface area contributed by atoms with Gasteiger partial charge in [0.25, 0.3) is 0 Å². The molecule has 0 saturated heterocycles. The fourth-order valence-corrected chi connectivity index (χ4v) is 2.94. The molecule has 0 aliphatic heterocycles. The normalized spacial score (nSPS) is 10.4. The number of rotatable bonds is 7. The lowest BCUT2D eigenvalue weighted by Gasteiger charge is -2.02. The smallest absolute Gasteiger partial charge is 0.230 e. The van der Waals surface area contributed by atoms with E-state index in [1.54, 1.807) is 23.8 Å². The van der Waals surface area contributed by atoms with E-state index in [1.807, 2.05) is 30.3 Å². The number of benzene rings is 1. The average Bonchev–Trinajstić information content (AvgIpc) is 3.26. The van der Waals surface area contributed by atoms with E-state index in [1.165, 1.54) is 11.3 Å². The molecule has 0 atom stereocenters. The number of nitrogens with one attached hydrogen (secondary N) is 2. The molecule has 128 valence electrons. The molecule has 0 radical (unpaired) electrons. The molecule has 0 bridgehead atoms.